The fraction of sp³-hybridized carbons (Fsp3) is 0.118. The summed E-state index contributed by atoms with van der Waals surface area (Å²) in [5.74, 6) is -1.82. The predicted octanol–water partition coefficient (Wildman–Crippen LogP) is 1.85. The quantitative estimate of drug-likeness (QED) is 0.326. The first-order chi connectivity index (χ1) is 14.3. The number of carbonyl (C=O) groups excluding carboxylic acids is 2. The Morgan fingerprint density at radius 2 is 2.07 bits per heavy atom. The number of carbonyl (C=O) groups is 2. The second-order valence-electron chi connectivity index (χ2n) is 5.94. The lowest BCUT2D eigenvalue weighted by atomic mass is 10.2. The molecule has 2 aromatic carbocycles. The SMILES string of the molecule is Cc1nnnn1-c1ccc(F)c(NC(=O)CSc2ccc(C(N)=O)cc2[N+](=O)[O-])c1. The zero-order valence-corrected chi connectivity index (χ0v) is 16.2. The number of amides is 2. The molecule has 3 aromatic rings. The lowest BCUT2D eigenvalue weighted by Crippen LogP contribution is -2.16. The van der Waals surface area contributed by atoms with Crippen LogP contribution in [-0.2, 0) is 4.79 Å². The van der Waals surface area contributed by atoms with Crippen molar-refractivity contribution in [3.63, 3.8) is 0 Å². The third-order valence-corrected chi connectivity index (χ3v) is 4.96. The number of primary amides is 1. The Morgan fingerprint density at radius 1 is 1.30 bits per heavy atom. The van der Waals surface area contributed by atoms with E-state index in [0.29, 0.717) is 11.5 Å². The monoisotopic (exact) mass is 431 g/mol. The number of anilines is 1. The zero-order chi connectivity index (χ0) is 21.8. The Labute approximate surface area is 172 Å². The number of hydrogen-bond acceptors (Lipinski definition) is 8. The summed E-state index contributed by atoms with van der Waals surface area (Å²) in [6.07, 6.45) is 0. The summed E-state index contributed by atoms with van der Waals surface area (Å²) >= 11 is 0.868. The molecule has 30 heavy (non-hydrogen) atoms. The van der Waals surface area contributed by atoms with Crippen LogP contribution in [0.15, 0.2) is 41.3 Å². The second kappa shape index (κ2) is 8.65. The van der Waals surface area contributed by atoms with Gasteiger partial charge in [0.1, 0.15) is 5.82 Å². The van der Waals surface area contributed by atoms with Crippen LogP contribution in [0.4, 0.5) is 15.8 Å². The van der Waals surface area contributed by atoms with E-state index in [1.54, 1.807) is 6.92 Å². The fourth-order valence-electron chi connectivity index (χ4n) is 2.48. The molecular formula is C17H14FN7O4S. The summed E-state index contributed by atoms with van der Waals surface area (Å²) in [6, 6.07) is 7.68. The molecule has 2 amide bonds. The van der Waals surface area contributed by atoms with Crippen molar-refractivity contribution in [2.24, 2.45) is 5.73 Å². The molecule has 3 rings (SSSR count). The molecular weight excluding hydrogens is 417 g/mol. The highest BCUT2D eigenvalue weighted by atomic mass is 32.2. The van der Waals surface area contributed by atoms with Gasteiger partial charge in [0.05, 0.1) is 26.9 Å². The first kappa shape index (κ1) is 20.9. The van der Waals surface area contributed by atoms with Gasteiger partial charge in [-0.3, -0.25) is 19.7 Å². The van der Waals surface area contributed by atoms with Crippen LogP contribution in [0.3, 0.4) is 0 Å². The molecule has 0 fully saturated rings. The highest BCUT2D eigenvalue weighted by Gasteiger charge is 2.18. The second-order valence-corrected chi connectivity index (χ2v) is 6.96. The van der Waals surface area contributed by atoms with Gasteiger partial charge in [0, 0.05) is 11.6 Å². The molecule has 13 heteroatoms. The van der Waals surface area contributed by atoms with Crippen LogP contribution < -0.4 is 11.1 Å². The van der Waals surface area contributed by atoms with Crippen LogP contribution in [0.25, 0.3) is 5.69 Å². The van der Waals surface area contributed by atoms with Crippen molar-refractivity contribution in [2.75, 3.05) is 11.1 Å². The van der Waals surface area contributed by atoms with E-state index in [2.05, 4.69) is 20.8 Å². The number of nitro groups is 1. The smallest absolute Gasteiger partial charge is 0.283 e. The van der Waals surface area contributed by atoms with Crippen molar-refractivity contribution < 1.29 is 18.9 Å². The Morgan fingerprint density at radius 3 is 2.70 bits per heavy atom. The first-order valence-corrected chi connectivity index (χ1v) is 9.30. The molecule has 0 bridgehead atoms. The summed E-state index contributed by atoms with van der Waals surface area (Å²) in [5, 5.41) is 24.7. The topological polar surface area (TPSA) is 159 Å². The van der Waals surface area contributed by atoms with Gasteiger partial charge in [0.15, 0.2) is 5.82 Å². The maximum Gasteiger partial charge on any atom is 0.283 e. The van der Waals surface area contributed by atoms with Gasteiger partial charge in [-0.2, -0.15) is 4.68 Å². The van der Waals surface area contributed by atoms with Crippen LogP contribution in [0.2, 0.25) is 0 Å². The Bertz CT molecular complexity index is 1150. The molecule has 0 aliphatic heterocycles. The molecule has 11 nitrogen and oxygen atoms in total. The summed E-state index contributed by atoms with van der Waals surface area (Å²) in [6.45, 7) is 1.66. The molecule has 154 valence electrons. The van der Waals surface area contributed by atoms with Crippen LogP contribution in [-0.4, -0.2) is 42.7 Å². The molecule has 0 saturated heterocycles. The minimum atomic E-state index is -0.805. The number of nitrogens with zero attached hydrogens (tertiary/aromatic N) is 5. The van der Waals surface area contributed by atoms with Crippen molar-refractivity contribution in [3.05, 3.63) is 63.7 Å². The summed E-state index contributed by atoms with van der Waals surface area (Å²) in [4.78, 5) is 34.2. The summed E-state index contributed by atoms with van der Waals surface area (Å²) in [7, 11) is 0. The molecule has 0 saturated carbocycles. The number of nitrogens with one attached hydrogen (secondary N) is 1. The third kappa shape index (κ3) is 4.57. The highest BCUT2D eigenvalue weighted by molar-refractivity contribution is 8.00. The highest BCUT2D eigenvalue weighted by Crippen LogP contribution is 2.30. The molecule has 0 spiro atoms. The molecule has 0 unspecified atom stereocenters. The Hall–Kier alpha value is -3.87. The number of hydrogen-bond donors (Lipinski definition) is 2. The largest absolute Gasteiger partial charge is 0.366 e. The van der Waals surface area contributed by atoms with Gasteiger partial charge in [0.2, 0.25) is 11.8 Å². The molecule has 0 radical (unpaired) electrons. The van der Waals surface area contributed by atoms with E-state index >= 15 is 0 Å². The van der Waals surface area contributed by atoms with Gasteiger partial charge >= 0.3 is 0 Å². The minimum absolute atomic E-state index is 0.0210. The average molecular weight is 431 g/mol. The van der Waals surface area contributed by atoms with Crippen LogP contribution in [0.1, 0.15) is 16.2 Å². The van der Waals surface area contributed by atoms with Crippen molar-refractivity contribution >= 4 is 35.0 Å². The van der Waals surface area contributed by atoms with Gasteiger partial charge in [-0.05, 0) is 47.7 Å². The zero-order valence-electron chi connectivity index (χ0n) is 15.4. The fourth-order valence-corrected chi connectivity index (χ4v) is 3.28. The van der Waals surface area contributed by atoms with E-state index in [4.69, 9.17) is 5.73 Å². The maximum absolute atomic E-state index is 14.1. The van der Waals surface area contributed by atoms with Gasteiger partial charge in [-0.25, -0.2) is 4.39 Å². The van der Waals surface area contributed by atoms with Gasteiger partial charge in [-0.15, -0.1) is 16.9 Å². The molecule has 3 N–H and O–H groups in total. The number of aryl methyl sites for hydroxylation is 1. The number of benzene rings is 2. The van der Waals surface area contributed by atoms with E-state index in [1.165, 1.54) is 28.9 Å². The van der Waals surface area contributed by atoms with Crippen molar-refractivity contribution in [3.8, 4) is 5.69 Å². The maximum atomic E-state index is 14.1. The van der Waals surface area contributed by atoms with Gasteiger partial charge in [-0.1, -0.05) is 0 Å². The number of tetrazole rings is 1. The van der Waals surface area contributed by atoms with Crippen molar-refractivity contribution in [2.45, 2.75) is 11.8 Å². The average Bonchev–Trinajstić information content (AvgIpc) is 3.13. The third-order valence-electron chi connectivity index (χ3n) is 3.89. The normalized spacial score (nSPS) is 10.6. The van der Waals surface area contributed by atoms with Crippen LogP contribution in [0, 0.1) is 22.9 Å². The number of halogens is 1. The van der Waals surface area contributed by atoms with E-state index in [-0.39, 0.29) is 27.6 Å². The Balaban J connectivity index is 1.73. The molecule has 0 aliphatic carbocycles. The van der Waals surface area contributed by atoms with Crippen LogP contribution >= 0.6 is 11.8 Å². The van der Waals surface area contributed by atoms with E-state index in [9.17, 15) is 24.1 Å². The number of aromatic nitrogens is 4. The van der Waals surface area contributed by atoms with Gasteiger partial charge < -0.3 is 11.1 Å². The van der Waals surface area contributed by atoms with Crippen molar-refractivity contribution in [1.29, 1.82) is 0 Å². The lowest BCUT2D eigenvalue weighted by molar-refractivity contribution is -0.387. The van der Waals surface area contributed by atoms with E-state index in [1.807, 2.05) is 0 Å². The number of thioether (sulfide) groups is 1. The number of nitro benzene ring substituents is 1. The van der Waals surface area contributed by atoms with E-state index in [0.717, 1.165) is 23.9 Å². The van der Waals surface area contributed by atoms with E-state index < -0.39 is 22.6 Å². The van der Waals surface area contributed by atoms with Gasteiger partial charge in [0.25, 0.3) is 5.69 Å². The summed E-state index contributed by atoms with van der Waals surface area (Å²) in [5.41, 5.74) is 5.11. The number of nitrogens with two attached hydrogens (primary N) is 1. The predicted molar refractivity (Wildman–Crippen MR) is 105 cm³/mol. The number of rotatable bonds is 7. The molecule has 1 heterocycles. The first-order valence-electron chi connectivity index (χ1n) is 8.32. The van der Waals surface area contributed by atoms with Crippen molar-refractivity contribution in [1.82, 2.24) is 20.2 Å². The Kier molecular flexibility index (Phi) is 6.01. The lowest BCUT2D eigenvalue weighted by Gasteiger charge is -2.09. The minimum Gasteiger partial charge on any atom is -0.366 e. The molecule has 1 aromatic heterocycles. The standard InChI is InChI=1S/C17H14FN7O4S/c1-9-21-22-23-24(9)11-3-4-12(18)13(7-11)20-16(26)8-30-15-5-2-10(17(19)27)6-14(15)25(28)29/h2-7H,8H2,1H3,(H2,19,27)(H,20,26). The summed E-state index contributed by atoms with van der Waals surface area (Å²) < 4.78 is 15.5. The molecule has 0 aliphatic rings. The molecule has 0 atom stereocenters. The van der Waals surface area contributed by atoms with Crippen LogP contribution in [0.5, 0.6) is 0 Å².